The Morgan fingerprint density at radius 2 is 1.79 bits per heavy atom. The Labute approximate surface area is 198 Å². The number of amides is 2. The van der Waals surface area contributed by atoms with E-state index in [2.05, 4.69) is 14.9 Å². The van der Waals surface area contributed by atoms with Crippen molar-refractivity contribution in [1.29, 1.82) is 0 Å². The molecule has 1 aliphatic rings. The number of hydrogen-bond donors (Lipinski definition) is 1. The second-order valence-corrected chi connectivity index (χ2v) is 8.41. The van der Waals surface area contributed by atoms with Crippen molar-refractivity contribution < 1.29 is 14.3 Å². The molecular weight excluding hydrogens is 428 g/mol. The summed E-state index contributed by atoms with van der Waals surface area (Å²) in [7, 11) is 1.60. The number of carbonyl (C=O) groups excluding carboxylic acids is 2. The van der Waals surface area contributed by atoms with Crippen molar-refractivity contribution in [3.05, 3.63) is 84.2 Å². The Balaban J connectivity index is 1.37. The molecule has 1 aromatic heterocycles. The van der Waals surface area contributed by atoms with Crippen molar-refractivity contribution in [2.75, 3.05) is 19.0 Å². The number of aromatic nitrogens is 2. The van der Waals surface area contributed by atoms with Gasteiger partial charge in [0.15, 0.2) is 0 Å². The number of nitrogens with one attached hydrogen (secondary N) is 1. The van der Waals surface area contributed by atoms with Crippen LogP contribution in [0.3, 0.4) is 0 Å². The number of imidazole rings is 1. The van der Waals surface area contributed by atoms with Crippen LogP contribution in [0, 0.1) is 6.92 Å². The molecule has 3 aromatic carbocycles. The van der Waals surface area contributed by atoms with E-state index in [0.29, 0.717) is 24.2 Å². The molecule has 172 valence electrons. The van der Waals surface area contributed by atoms with Gasteiger partial charge in [-0.05, 0) is 74.4 Å². The highest BCUT2D eigenvalue weighted by atomic mass is 16.5. The fourth-order valence-corrected chi connectivity index (χ4v) is 4.58. The van der Waals surface area contributed by atoms with E-state index >= 15 is 0 Å². The third-order valence-corrected chi connectivity index (χ3v) is 6.26. The Morgan fingerprint density at radius 1 is 1.03 bits per heavy atom. The number of likely N-dealkylation sites (tertiary alicyclic amines) is 1. The standard InChI is InChI=1S/C27H26N4O3/c1-18-28-23-17-19(10-15-24(23)31(18)21-7-4-3-5-8-21)27(33)30-16-6-9-25(30)26(32)29-20-11-13-22(34-2)14-12-20/h3-5,7-8,10-15,17,25H,6,9,16H2,1-2H3,(H,29,32). The minimum atomic E-state index is -0.506. The number of aryl methyl sites for hydroxylation is 1. The molecule has 0 radical (unpaired) electrons. The zero-order valence-corrected chi connectivity index (χ0v) is 19.2. The van der Waals surface area contributed by atoms with E-state index in [1.165, 1.54) is 0 Å². The lowest BCUT2D eigenvalue weighted by Gasteiger charge is -2.24. The van der Waals surface area contributed by atoms with Crippen molar-refractivity contribution in [3.63, 3.8) is 0 Å². The third kappa shape index (κ3) is 4.01. The number of hydrogen-bond acceptors (Lipinski definition) is 4. The fraction of sp³-hybridized carbons (Fsp3) is 0.222. The molecule has 1 unspecified atom stereocenters. The zero-order valence-electron chi connectivity index (χ0n) is 19.2. The molecule has 2 amide bonds. The number of rotatable bonds is 5. The van der Waals surface area contributed by atoms with Gasteiger partial charge in [0.05, 0.1) is 18.1 Å². The van der Waals surface area contributed by atoms with Crippen LogP contribution in [0.15, 0.2) is 72.8 Å². The fourth-order valence-electron chi connectivity index (χ4n) is 4.58. The largest absolute Gasteiger partial charge is 0.497 e. The highest BCUT2D eigenvalue weighted by molar-refractivity contribution is 6.03. The van der Waals surface area contributed by atoms with E-state index < -0.39 is 6.04 Å². The predicted octanol–water partition coefficient (Wildman–Crippen LogP) is 4.59. The molecule has 1 N–H and O–H groups in total. The van der Waals surface area contributed by atoms with Gasteiger partial charge in [0, 0.05) is 23.5 Å². The van der Waals surface area contributed by atoms with Gasteiger partial charge in [0.25, 0.3) is 5.91 Å². The van der Waals surface area contributed by atoms with E-state index in [0.717, 1.165) is 34.7 Å². The molecule has 1 aliphatic heterocycles. The summed E-state index contributed by atoms with van der Waals surface area (Å²) < 4.78 is 7.24. The molecule has 0 bridgehead atoms. The first-order valence-corrected chi connectivity index (χ1v) is 11.4. The van der Waals surface area contributed by atoms with E-state index in [4.69, 9.17) is 4.74 Å². The predicted molar refractivity (Wildman–Crippen MR) is 131 cm³/mol. The van der Waals surface area contributed by atoms with Gasteiger partial charge in [-0.15, -0.1) is 0 Å². The van der Waals surface area contributed by atoms with Gasteiger partial charge in [-0.2, -0.15) is 0 Å². The molecule has 1 fully saturated rings. The van der Waals surface area contributed by atoms with Crippen LogP contribution >= 0.6 is 0 Å². The zero-order chi connectivity index (χ0) is 23.7. The molecule has 0 spiro atoms. The Hall–Kier alpha value is -4.13. The molecule has 4 aromatic rings. The van der Waals surface area contributed by atoms with E-state index in [1.807, 2.05) is 55.5 Å². The van der Waals surface area contributed by atoms with E-state index in [-0.39, 0.29) is 11.8 Å². The van der Waals surface area contributed by atoms with Crippen molar-refractivity contribution in [3.8, 4) is 11.4 Å². The first-order chi connectivity index (χ1) is 16.5. The second-order valence-electron chi connectivity index (χ2n) is 8.41. The first-order valence-electron chi connectivity index (χ1n) is 11.4. The van der Waals surface area contributed by atoms with Gasteiger partial charge >= 0.3 is 0 Å². The molecule has 1 atom stereocenters. The summed E-state index contributed by atoms with van der Waals surface area (Å²) in [6, 6.07) is 22.2. The smallest absolute Gasteiger partial charge is 0.254 e. The quantitative estimate of drug-likeness (QED) is 0.479. The highest BCUT2D eigenvalue weighted by Crippen LogP contribution is 2.26. The Morgan fingerprint density at radius 3 is 2.53 bits per heavy atom. The lowest BCUT2D eigenvalue weighted by atomic mass is 10.1. The minimum absolute atomic E-state index is 0.152. The molecule has 7 nitrogen and oxygen atoms in total. The summed E-state index contributed by atoms with van der Waals surface area (Å²) in [6.07, 6.45) is 1.42. The monoisotopic (exact) mass is 454 g/mol. The SMILES string of the molecule is COc1ccc(NC(=O)C2CCCN2C(=O)c2ccc3c(c2)nc(C)n3-c2ccccc2)cc1. The maximum Gasteiger partial charge on any atom is 0.254 e. The number of benzene rings is 3. The molecule has 2 heterocycles. The number of fused-ring (bicyclic) bond motifs is 1. The number of ether oxygens (including phenoxy) is 1. The van der Waals surface area contributed by atoms with Crippen LogP contribution in [-0.2, 0) is 4.79 Å². The van der Waals surface area contributed by atoms with Gasteiger partial charge in [0.1, 0.15) is 17.6 Å². The molecule has 0 saturated carbocycles. The van der Waals surface area contributed by atoms with Crippen LogP contribution in [0.1, 0.15) is 29.0 Å². The molecular formula is C27H26N4O3. The number of anilines is 1. The van der Waals surface area contributed by atoms with E-state index in [1.54, 1.807) is 36.3 Å². The lowest BCUT2D eigenvalue weighted by molar-refractivity contribution is -0.119. The average Bonchev–Trinajstić information content (AvgIpc) is 3.48. The molecule has 5 rings (SSSR count). The van der Waals surface area contributed by atoms with Crippen LogP contribution in [-0.4, -0.2) is 46.0 Å². The van der Waals surface area contributed by atoms with Gasteiger partial charge in [-0.1, -0.05) is 18.2 Å². The van der Waals surface area contributed by atoms with Crippen LogP contribution < -0.4 is 10.1 Å². The van der Waals surface area contributed by atoms with Crippen molar-refractivity contribution in [2.45, 2.75) is 25.8 Å². The van der Waals surface area contributed by atoms with Crippen LogP contribution in [0.5, 0.6) is 5.75 Å². The first kappa shape index (κ1) is 21.7. The second kappa shape index (κ2) is 9.02. The third-order valence-electron chi connectivity index (χ3n) is 6.26. The summed E-state index contributed by atoms with van der Waals surface area (Å²) in [6.45, 7) is 2.50. The minimum Gasteiger partial charge on any atom is -0.497 e. The normalized spacial score (nSPS) is 15.5. The Bertz CT molecular complexity index is 1350. The number of nitrogens with zero attached hydrogens (tertiary/aromatic N) is 3. The van der Waals surface area contributed by atoms with Gasteiger partial charge < -0.3 is 15.0 Å². The van der Waals surface area contributed by atoms with Crippen molar-refractivity contribution in [1.82, 2.24) is 14.5 Å². The van der Waals surface area contributed by atoms with Gasteiger partial charge in [-0.3, -0.25) is 14.2 Å². The van der Waals surface area contributed by atoms with Gasteiger partial charge in [-0.25, -0.2) is 4.98 Å². The van der Waals surface area contributed by atoms with Crippen molar-refractivity contribution >= 4 is 28.5 Å². The summed E-state index contributed by atoms with van der Waals surface area (Å²) in [4.78, 5) is 32.7. The molecule has 0 aliphatic carbocycles. The summed E-state index contributed by atoms with van der Waals surface area (Å²) >= 11 is 0. The Kier molecular flexibility index (Phi) is 5.76. The van der Waals surface area contributed by atoms with Gasteiger partial charge in [0.2, 0.25) is 5.91 Å². The number of methoxy groups -OCH3 is 1. The molecule has 1 saturated heterocycles. The van der Waals surface area contributed by atoms with Crippen molar-refractivity contribution in [2.24, 2.45) is 0 Å². The topological polar surface area (TPSA) is 76.5 Å². The maximum atomic E-state index is 13.4. The molecule has 34 heavy (non-hydrogen) atoms. The lowest BCUT2D eigenvalue weighted by Crippen LogP contribution is -2.43. The van der Waals surface area contributed by atoms with E-state index in [9.17, 15) is 9.59 Å². The summed E-state index contributed by atoms with van der Waals surface area (Å²) in [5, 5.41) is 2.93. The number of carbonyl (C=O) groups is 2. The maximum absolute atomic E-state index is 13.4. The highest BCUT2D eigenvalue weighted by Gasteiger charge is 2.34. The van der Waals surface area contributed by atoms with Crippen LogP contribution in [0.4, 0.5) is 5.69 Å². The molecule has 7 heteroatoms. The number of para-hydroxylation sites is 1. The average molecular weight is 455 g/mol. The van der Waals surface area contributed by atoms with Crippen LogP contribution in [0.2, 0.25) is 0 Å². The summed E-state index contributed by atoms with van der Waals surface area (Å²) in [5.41, 5.74) is 3.93. The summed E-state index contributed by atoms with van der Waals surface area (Å²) in [5.74, 6) is 1.24. The van der Waals surface area contributed by atoms with Crippen LogP contribution in [0.25, 0.3) is 16.7 Å².